The minimum Gasteiger partial charge on any atom is -0.444 e. The van der Waals surface area contributed by atoms with Crippen LogP contribution >= 0.6 is 0 Å². The second kappa shape index (κ2) is 9.43. The Bertz CT molecular complexity index is 862. The normalized spacial score (nSPS) is 20.6. The zero-order chi connectivity index (χ0) is 21.8. The largest absolute Gasteiger partial charge is 0.444 e. The molecule has 0 bridgehead atoms. The van der Waals surface area contributed by atoms with Gasteiger partial charge in [0.05, 0.1) is 6.20 Å². The fourth-order valence-electron chi connectivity index (χ4n) is 4.71. The molecule has 4 rings (SSSR count). The predicted octanol–water partition coefficient (Wildman–Crippen LogP) is 5.18. The highest BCUT2D eigenvalue weighted by atomic mass is 16.6. The van der Waals surface area contributed by atoms with Crippen molar-refractivity contribution in [3.63, 3.8) is 0 Å². The molecule has 0 radical (unpaired) electrons. The van der Waals surface area contributed by atoms with Crippen LogP contribution in [0, 0.1) is 0 Å². The summed E-state index contributed by atoms with van der Waals surface area (Å²) in [5, 5.41) is 7.58. The number of nitrogens with zero attached hydrogens (tertiary/aromatic N) is 3. The lowest BCUT2D eigenvalue weighted by Crippen LogP contribution is -2.42. The molecule has 0 aliphatic carbocycles. The van der Waals surface area contributed by atoms with Crippen molar-refractivity contribution in [1.82, 2.24) is 20.0 Å². The summed E-state index contributed by atoms with van der Waals surface area (Å²) in [6.07, 6.45) is 7.71. The number of aromatic amines is 1. The Labute approximate surface area is 186 Å². The molecule has 1 atom stereocenters. The third kappa shape index (κ3) is 5.67. The van der Waals surface area contributed by atoms with E-state index in [0.29, 0.717) is 6.54 Å². The van der Waals surface area contributed by atoms with Crippen molar-refractivity contribution < 1.29 is 9.53 Å². The number of amides is 1. The van der Waals surface area contributed by atoms with Gasteiger partial charge in [-0.05, 0) is 70.7 Å². The molecule has 2 aliphatic rings. The average molecular weight is 425 g/mol. The predicted molar refractivity (Wildman–Crippen MR) is 123 cm³/mol. The number of carbonyl (C=O) groups excluding carboxylic acids is 1. The van der Waals surface area contributed by atoms with Gasteiger partial charge in [0.25, 0.3) is 0 Å². The molecule has 1 aromatic heterocycles. The van der Waals surface area contributed by atoms with Crippen LogP contribution in [0.3, 0.4) is 0 Å². The van der Waals surface area contributed by atoms with Gasteiger partial charge in [-0.2, -0.15) is 5.10 Å². The first-order chi connectivity index (χ1) is 14.9. The number of aromatic nitrogens is 2. The summed E-state index contributed by atoms with van der Waals surface area (Å²) in [5.74, 6) is 0.242. The van der Waals surface area contributed by atoms with E-state index in [2.05, 4.69) is 39.4 Å². The van der Waals surface area contributed by atoms with Crippen molar-refractivity contribution in [2.45, 2.75) is 70.9 Å². The van der Waals surface area contributed by atoms with Crippen LogP contribution in [0.5, 0.6) is 0 Å². The lowest BCUT2D eigenvalue weighted by molar-refractivity contribution is 0.0197. The fourth-order valence-corrected chi connectivity index (χ4v) is 4.71. The number of H-pyrrole nitrogens is 1. The van der Waals surface area contributed by atoms with Crippen LogP contribution in [0.4, 0.5) is 4.79 Å². The molecule has 2 aromatic rings. The smallest absolute Gasteiger partial charge is 0.410 e. The van der Waals surface area contributed by atoms with E-state index in [1.54, 1.807) is 0 Å². The number of ether oxygens (including phenoxy) is 1. The number of rotatable bonds is 4. The summed E-state index contributed by atoms with van der Waals surface area (Å²) < 4.78 is 5.59. The maximum atomic E-state index is 12.6. The topological polar surface area (TPSA) is 61.5 Å². The third-order valence-electron chi connectivity index (χ3n) is 6.27. The van der Waals surface area contributed by atoms with Gasteiger partial charge in [-0.25, -0.2) is 4.79 Å². The summed E-state index contributed by atoms with van der Waals surface area (Å²) in [7, 11) is 0. The number of nitrogens with one attached hydrogen (secondary N) is 1. The van der Waals surface area contributed by atoms with E-state index in [9.17, 15) is 4.79 Å². The van der Waals surface area contributed by atoms with E-state index >= 15 is 0 Å². The monoisotopic (exact) mass is 424 g/mol. The third-order valence-corrected chi connectivity index (χ3v) is 6.27. The molecule has 2 aliphatic heterocycles. The Kier molecular flexibility index (Phi) is 6.65. The molecule has 6 heteroatoms. The Morgan fingerprint density at radius 2 is 1.84 bits per heavy atom. The van der Waals surface area contributed by atoms with Crippen LogP contribution in [0.15, 0.2) is 30.5 Å². The fraction of sp³-hybridized carbons (Fsp3) is 0.600. The molecule has 2 saturated heterocycles. The van der Waals surface area contributed by atoms with Gasteiger partial charge in [-0.3, -0.25) is 10.00 Å². The molecule has 1 aromatic carbocycles. The van der Waals surface area contributed by atoms with Crippen LogP contribution in [0.25, 0.3) is 11.1 Å². The number of piperidine rings is 2. The van der Waals surface area contributed by atoms with Gasteiger partial charge in [-0.1, -0.05) is 30.7 Å². The SMILES string of the molecule is CC(C)(C)OC(=O)N1CCCC(c2[nH]ncc2-c2ccc(CN3CCCCC3)cc2)C1. The Morgan fingerprint density at radius 1 is 1.10 bits per heavy atom. The van der Waals surface area contributed by atoms with Crippen LogP contribution < -0.4 is 0 Å². The van der Waals surface area contributed by atoms with E-state index in [1.807, 2.05) is 31.9 Å². The first-order valence-corrected chi connectivity index (χ1v) is 11.7. The maximum absolute atomic E-state index is 12.6. The summed E-state index contributed by atoms with van der Waals surface area (Å²) in [4.78, 5) is 16.9. The maximum Gasteiger partial charge on any atom is 0.410 e. The second-order valence-electron chi connectivity index (χ2n) is 10.00. The minimum absolute atomic E-state index is 0.222. The number of hydrogen-bond acceptors (Lipinski definition) is 4. The molecule has 0 spiro atoms. The van der Waals surface area contributed by atoms with Crippen LogP contribution in [-0.4, -0.2) is 57.9 Å². The summed E-state index contributed by atoms with van der Waals surface area (Å²) in [5.41, 5.74) is 4.33. The van der Waals surface area contributed by atoms with Crippen molar-refractivity contribution in [1.29, 1.82) is 0 Å². The van der Waals surface area contributed by atoms with Crippen LogP contribution in [0.1, 0.15) is 70.1 Å². The highest BCUT2D eigenvalue weighted by Gasteiger charge is 2.30. The second-order valence-corrected chi connectivity index (χ2v) is 10.00. The average Bonchev–Trinajstić information content (AvgIpc) is 3.24. The standard InChI is InChI=1S/C25H36N4O2/c1-25(2,3)31-24(30)29-15-7-8-21(18-29)23-22(16-26-27-23)20-11-9-19(10-12-20)17-28-13-5-4-6-14-28/h9-12,16,21H,4-8,13-15,17-18H2,1-3H3,(H,26,27). The quantitative estimate of drug-likeness (QED) is 0.735. The van der Waals surface area contributed by atoms with Crippen molar-refractivity contribution in [2.75, 3.05) is 26.2 Å². The van der Waals surface area contributed by atoms with Gasteiger partial charge in [0.2, 0.25) is 0 Å². The van der Waals surface area contributed by atoms with Crippen molar-refractivity contribution in [3.8, 4) is 11.1 Å². The molecule has 1 unspecified atom stereocenters. The molecule has 0 saturated carbocycles. The number of hydrogen-bond donors (Lipinski definition) is 1. The van der Waals surface area contributed by atoms with Gasteiger partial charge < -0.3 is 9.64 Å². The minimum atomic E-state index is -0.473. The lowest BCUT2D eigenvalue weighted by atomic mass is 9.90. The lowest BCUT2D eigenvalue weighted by Gasteiger charge is -2.34. The molecule has 2 fully saturated rings. The molecule has 1 amide bonds. The van der Waals surface area contributed by atoms with Crippen LogP contribution in [0.2, 0.25) is 0 Å². The highest BCUT2D eigenvalue weighted by molar-refractivity contribution is 5.69. The zero-order valence-electron chi connectivity index (χ0n) is 19.2. The zero-order valence-corrected chi connectivity index (χ0v) is 19.2. The van der Waals surface area contributed by atoms with Gasteiger partial charge in [0.15, 0.2) is 0 Å². The van der Waals surface area contributed by atoms with E-state index in [1.165, 1.54) is 43.5 Å². The number of carbonyl (C=O) groups is 1. The van der Waals surface area contributed by atoms with Crippen molar-refractivity contribution in [3.05, 3.63) is 41.7 Å². The molecule has 168 valence electrons. The van der Waals surface area contributed by atoms with E-state index in [-0.39, 0.29) is 12.0 Å². The molecule has 1 N–H and O–H groups in total. The summed E-state index contributed by atoms with van der Waals surface area (Å²) in [6.45, 7) is 10.6. The van der Waals surface area contributed by atoms with E-state index < -0.39 is 5.60 Å². The Balaban J connectivity index is 1.44. The first-order valence-electron chi connectivity index (χ1n) is 11.7. The van der Waals surface area contributed by atoms with Crippen LogP contribution in [-0.2, 0) is 11.3 Å². The van der Waals surface area contributed by atoms with E-state index in [4.69, 9.17) is 4.74 Å². The first kappa shape index (κ1) is 21.9. The highest BCUT2D eigenvalue weighted by Crippen LogP contribution is 2.33. The van der Waals surface area contributed by atoms with Gasteiger partial charge >= 0.3 is 6.09 Å². The molecule has 31 heavy (non-hydrogen) atoms. The number of likely N-dealkylation sites (tertiary alicyclic amines) is 2. The van der Waals surface area contributed by atoms with Gasteiger partial charge in [0, 0.05) is 36.8 Å². The number of benzene rings is 1. The Hall–Kier alpha value is -2.34. The van der Waals surface area contributed by atoms with Crippen molar-refractivity contribution in [2.24, 2.45) is 0 Å². The Morgan fingerprint density at radius 3 is 2.55 bits per heavy atom. The molecule has 6 nitrogen and oxygen atoms in total. The van der Waals surface area contributed by atoms with E-state index in [0.717, 1.165) is 37.2 Å². The van der Waals surface area contributed by atoms with Gasteiger partial charge in [0.1, 0.15) is 5.60 Å². The molecular formula is C25H36N4O2. The van der Waals surface area contributed by atoms with Crippen molar-refractivity contribution >= 4 is 6.09 Å². The summed E-state index contributed by atoms with van der Waals surface area (Å²) >= 11 is 0. The summed E-state index contributed by atoms with van der Waals surface area (Å²) in [6, 6.07) is 8.91. The van der Waals surface area contributed by atoms with Gasteiger partial charge in [-0.15, -0.1) is 0 Å². The molecular weight excluding hydrogens is 388 g/mol. The molecule has 3 heterocycles.